The first-order valence-electron chi connectivity index (χ1n) is 5.54. The number of hydrogen-bond donors (Lipinski definition) is 1. The third-order valence-corrected chi connectivity index (χ3v) is 2.53. The minimum atomic E-state index is -4.45. The van der Waals surface area contributed by atoms with Crippen LogP contribution in [-0.2, 0) is 10.9 Å². The molecule has 1 aromatic carbocycles. The van der Waals surface area contributed by atoms with E-state index in [1.54, 1.807) is 0 Å². The maximum Gasteiger partial charge on any atom is 0.416 e. The summed E-state index contributed by atoms with van der Waals surface area (Å²) in [5, 5.41) is 3.18. The highest BCUT2D eigenvalue weighted by molar-refractivity contribution is 9.09. The van der Waals surface area contributed by atoms with E-state index in [9.17, 15) is 18.0 Å². The first-order valence-corrected chi connectivity index (χ1v) is 6.66. The second kappa shape index (κ2) is 7.49. The van der Waals surface area contributed by atoms with E-state index < -0.39 is 17.6 Å². The number of nitrogens with one attached hydrogen (secondary N) is 1. The summed E-state index contributed by atoms with van der Waals surface area (Å²) in [6, 6.07) is 4.30. The van der Waals surface area contributed by atoms with Crippen molar-refractivity contribution in [2.24, 2.45) is 0 Å². The van der Waals surface area contributed by atoms with Crippen LogP contribution >= 0.6 is 15.9 Å². The number of rotatable bonds is 6. The molecule has 106 valence electrons. The zero-order chi connectivity index (χ0) is 14.3. The molecule has 0 spiro atoms. The Morgan fingerprint density at radius 2 is 2.05 bits per heavy atom. The summed E-state index contributed by atoms with van der Waals surface area (Å²) in [5.41, 5.74) is -0.856. The van der Waals surface area contributed by atoms with Crippen LogP contribution in [0.5, 0.6) is 0 Å². The average Bonchev–Trinajstić information content (AvgIpc) is 2.37. The number of hydrogen-bond acceptors (Lipinski definition) is 2. The average molecular weight is 340 g/mol. The second-order valence-electron chi connectivity index (χ2n) is 3.64. The Balaban J connectivity index is 2.53. The molecule has 0 bridgehead atoms. The Labute approximate surface area is 117 Å². The molecule has 0 fully saturated rings. The molecule has 0 unspecified atom stereocenters. The summed E-state index contributed by atoms with van der Waals surface area (Å²) in [6.45, 7) is 1.08. The third-order valence-electron chi connectivity index (χ3n) is 2.21. The van der Waals surface area contributed by atoms with E-state index >= 15 is 0 Å². The Bertz CT molecular complexity index is 424. The Morgan fingerprint density at radius 3 is 2.68 bits per heavy atom. The highest BCUT2D eigenvalue weighted by Gasteiger charge is 2.30. The van der Waals surface area contributed by atoms with E-state index in [1.165, 1.54) is 12.1 Å². The molecule has 7 heteroatoms. The molecule has 1 N–H and O–H groups in total. The Hall–Kier alpha value is -1.08. The Morgan fingerprint density at radius 1 is 1.32 bits per heavy atom. The van der Waals surface area contributed by atoms with E-state index in [2.05, 4.69) is 21.2 Å². The molecule has 19 heavy (non-hydrogen) atoms. The lowest BCUT2D eigenvalue weighted by molar-refractivity contribution is -0.137. The standard InChI is InChI=1S/C12H13BrF3NO2/c13-4-6-19-7-5-17-11(18)9-2-1-3-10(8-9)12(14,15)16/h1-3,8H,4-7H2,(H,17,18). The molecule has 0 aliphatic rings. The second-order valence-corrected chi connectivity index (χ2v) is 4.43. The van der Waals surface area contributed by atoms with Gasteiger partial charge in [0.25, 0.3) is 5.91 Å². The molecule has 0 aliphatic heterocycles. The van der Waals surface area contributed by atoms with Crippen molar-refractivity contribution < 1.29 is 22.7 Å². The van der Waals surface area contributed by atoms with Gasteiger partial charge in [0.2, 0.25) is 0 Å². The van der Waals surface area contributed by atoms with Crippen LogP contribution in [0.4, 0.5) is 13.2 Å². The fourth-order valence-corrected chi connectivity index (χ4v) is 1.56. The molecule has 1 rings (SSSR count). The first-order chi connectivity index (χ1) is 8.95. The van der Waals surface area contributed by atoms with Crippen molar-refractivity contribution in [2.75, 3.05) is 25.1 Å². The van der Waals surface area contributed by atoms with Gasteiger partial charge in [-0.1, -0.05) is 22.0 Å². The molecule has 0 aliphatic carbocycles. The lowest BCUT2D eigenvalue weighted by Crippen LogP contribution is -2.27. The van der Waals surface area contributed by atoms with Crippen molar-refractivity contribution in [3.63, 3.8) is 0 Å². The maximum absolute atomic E-state index is 12.5. The van der Waals surface area contributed by atoms with Crippen LogP contribution in [-0.4, -0.2) is 31.0 Å². The van der Waals surface area contributed by atoms with Gasteiger partial charge in [-0.2, -0.15) is 13.2 Å². The minimum absolute atomic E-state index is 0.0182. The molecule has 1 aromatic rings. The number of carbonyl (C=O) groups is 1. The predicted octanol–water partition coefficient (Wildman–Crippen LogP) is 2.85. The molecule has 0 atom stereocenters. The summed E-state index contributed by atoms with van der Waals surface area (Å²) in [7, 11) is 0. The van der Waals surface area contributed by atoms with Gasteiger partial charge in [0.15, 0.2) is 0 Å². The minimum Gasteiger partial charge on any atom is -0.379 e. The number of halogens is 4. The molecular weight excluding hydrogens is 327 g/mol. The van der Waals surface area contributed by atoms with Crippen LogP contribution in [0.3, 0.4) is 0 Å². The van der Waals surface area contributed by atoms with Gasteiger partial charge in [0.05, 0.1) is 18.8 Å². The van der Waals surface area contributed by atoms with Gasteiger partial charge in [-0.15, -0.1) is 0 Å². The number of alkyl halides is 4. The van der Waals surface area contributed by atoms with Crippen LogP contribution in [0.1, 0.15) is 15.9 Å². The van der Waals surface area contributed by atoms with E-state index in [-0.39, 0.29) is 12.1 Å². The van der Waals surface area contributed by atoms with E-state index in [0.29, 0.717) is 18.5 Å². The smallest absolute Gasteiger partial charge is 0.379 e. The van der Waals surface area contributed by atoms with Gasteiger partial charge in [-0.05, 0) is 18.2 Å². The van der Waals surface area contributed by atoms with E-state index in [0.717, 1.165) is 12.1 Å². The molecule has 0 heterocycles. The lowest BCUT2D eigenvalue weighted by Gasteiger charge is -2.09. The summed E-state index contributed by atoms with van der Waals surface area (Å²) in [6.07, 6.45) is -4.45. The van der Waals surface area contributed by atoms with Crippen molar-refractivity contribution in [3.05, 3.63) is 35.4 Å². The number of ether oxygens (including phenoxy) is 1. The van der Waals surface area contributed by atoms with Crippen LogP contribution < -0.4 is 5.32 Å². The van der Waals surface area contributed by atoms with E-state index in [4.69, 9.17) is 4.74 Å². The molecule has 1 amide bonds. The molecular formula is C12H13BrF3NO2. The van der Waals surface area contributed by atoms with Gasteiger partial charge in [-0.3, -0.25) is 4.79 Å². The molecule has 0 radical (unpaired) electrons. The van der Waals surface area contributed by atoms with Crippen LogP contribution in [0, 0.1) is 0 Å². The predicted molar refractivity (Wildman–Crippen MR) is 68.4 cm³/mol. The fourth-order valence-electron chi connectivity index (χ4n) is 1.33. The topological polar surface area (TPSA) is 38.3 Å². The first kappa shape index (κ1) is 16.0. The normalized spacial score (nSPS) is 11.4. The van der Waals surface area contributed by atoms with E-state index in [1.807, 2.05) is 0 Å². The van der Waals surface area contributed by atoms with Gasteiger partial charge in [0.1, 0.15) is 0 Å². The fraction of sp³-hybridized carbons (Fsp3) is 0.417. The summed E-state index contributed by atoms with van der Waals surface area (Å²) in [5.74, 6) is -0.548. The zero-order valence-corrected chi connectivity index (χ0v) is 11.6. The number of carbonyl (C=O) groups excluding carboxylic acids is 1. The van der Waals surface area contributed by atoms with Crippen molar-refractivity contribution in [1.29, 1.82) is 0 Å². The monoisotopic (exact) mass is 339 g/mol. The Kier molecular flexibility index (Phi) is 6.30. The zero-order valence-electron chi connectivity index (χ0n) is 9.97. The maximum atomic E-state index is 12.5. The number of amides is 1. The van der Waals surface area contributed by atoms with Crippen LogP contribution in [0.25, 0.3) is 0 Å². The van der Waals surface area contributed by atoms with Gasteiger partial charge < -0.3 is 10.1 Å². The van der Waals surface area contributed by atoms with Crippen LogP contribution in [0.15, 0.2) is 24.3 Å². The lowest BCUT2D eigenvalue weighted by atomic mass is 10.1. The highest BCUT2D eigenvalue weighted by atomic mass is 79.9. The van der Waals surface area contributed by atoms with Gasteiger partial charge >= 0.3 is 6.18 Å². The van der Waals surface area contributed by atoms with Crippen molar-refractivity contribution in [2.45, 2.75) is 6.18 Å². The summed E-state index contributed by atoms with van der Waals surface area (Å²) < 4.78 is 42.5. The number of benzene rings is 1. The summed E-state index contributed by atoms with van der Waals surface area (Å²) in [4.78, 5) is 11.6. The van der Waals surface area contributed by atoms with Crippen molar-refractivity contribution >= 4 is 21.8 Å². The van der Waals surface area contributed by atoms with Gasteiger partial charge in [-0.25, -0.2) is 0 Å². The highest BCUT2D eigenvalue weighted by Crippen LogP contribution is 2.29. The van der Waals surface area contributed by atoms with Crippen molar-refractivity contribution in [3.8, 4) is 0 Å². The summed E-state index contributed by atoms with van der Waals surface area (Å²) >= 11 is 3.17. The molecule has 3 nitrogen and oxygen atoms in total. The van der Waals surface area contributed by atoms with Crippen molar-refractivity contribution in [1.82, 2.24) is 5.32 Å². The SMILES string of the molecule is O=C(NCCOCCBr)c1cccc(C(F)(F)F)c1. The third kappa shape index (κ3) is 5.61. The van der Waals surface area contributed by atoms with Crippen LogP contribution in [0.2, 0.25) is 0 Å². The molecule has 0 saturated heterocycles. The largest absolute Gasteiger partial charge is 0.416 e. The quantitative estimate of drug-likeness (QED) is 0.639. The van der Waals surface area contributed by atoms with Gasteiger partial charge in [0, 0.05) is 17.4 Å². The molecule has 0 saturated carbocycles. The molecule has 0 aromatic heterocycles.